The van der Waals surface area contributed by atoms with E-state index >= 15 is 0 Å². The summed E-state index contributed by atoms with van der Waals surface area (Å²) in [6.07, 6.45) is 3.78. The summed E-state index contributed by atoms with van der Waals surface area (Å²) >= 11 is 0. The molecule has 0 saturated carbocycles. The number of aromatic nitrogens is 3. The van der Waals surface area contributed by atoms with Gasteiger partial charge in [-0.25, -0.2) is 0 Å². The van der Waals surface area contributed by atoms with Gasteiger partial charge in [0.15, 0.2) is 5.65 Å². The van der Waals surface area contributed by atoms with Crippen LogP contribution >= 0.6 is 0 Å². The Morgan fingerprint density at radius 2 is 2.12 bits per heavy atom. The average molecular weight is 329 g/mol. The highest BCUT2D eigenvalue weighted by Crippen LogP contribution is 2.27. The molecule has 24 heavy (non-hydrogen) atoms. The number of rotatable bonds is 2. The van der Waals surface area contributed by atoms with Crippen LogP contribution in [-0.4, -0.2) is 63.8 Å². The van der Waals surface area contributed by atoms with Gasteiger partial charge in [0, 0.05) is 31.7 Å². The maximum absolute atomic E-state index is 12.7. The molecule has 0 radical (unpaired) electrons. The first-order valence-corrected chi connectivity index (χ1v) is 8.67. The second-order valence-electron chi connectivity index (χ2n) is 6.59. The van der Waals surface area contributed by atoms with E-state index in [0.717, 1.165) is 43.9 Å². The molecule has 1 amide bonds. The number of carbonyl (C=O) groups is 1. The van der Waals surface area contributed by atoms with Crippen LogP contribution in [0.15, 0.2) is 24.4 Å². The Balaban J connectivity index is 1.42. The van der Waals surface area contributed by atoms with Crippen molar-refractivity contribution in [2.45, 2.75) is 37.8 Å². The quantitative estimate of drug-likeness (QED) is 0.883. The fourth-order valence-corrected chi connectivity index (χ4v) is 3.70. The minimum absolute atomic E-state index is 0.0654. The Bertz CT molecular complexity index is 723. The van der Waals surface area contributed by atoms with Crippen molar-refractivity contribution in [2.75, 3.05) is 26.2 Å². The van der Waals surface area contributed by atoms with Crippen molar-refractivity contribution in [3.63, 3.8) is 0 Å². The van der Waals surface area contributed by atoms with Crippen LogP contribution in [0.1, 0.15) is 31.5 Å². The van der Waals surface area contributed by atoms with E-state index in [4.69, 9.17) is 4.74 Å². The number of fused-ring (bicyclic) bond motifs is 1. The Labute approximate surface area is 141 Å². The molecule has 7 nitrogen and oxygen atoms in total. The summed E-state index contributed by atoms with van der Waals surface area (Å²) in [5.74, 6) is 1.51. The van der Waals surface area contributed by atoms with Gasteiger partial charge in [-0.2, -0.15) is 0 Å². The highest BCUT2D eigenvalue weighted by molar-refractivity contribution is 5.82. The number of hydrogen-bond acceptors (Lipinski definition) is 5. The van der Waals surface area contributed by atoms with Crippen molar-refractivity contribution in [1.82, 2.24) is 24.8 Å². The first-order valence-electron chi connectivity index (χ1n) is 8.67. The van der Waals surface area contributed by atoms with Gasteiger partial charge in [0.1, 0.15) is 11.9 Å². The standard InChI is InChI=1S/C17H23N5O2/c1-12-15(18-7-11-24-12)17(23)21-9-5-13(6-10-21)16-20-19-14-4-2-3-8-22(14)16/h2-4,8,12-13,15,18H,5-7,9-11H2,1H3/t12-,15+/m1/s1. The predicted octanol–water partition coefficient (Wildman–Crippen LogP) is 0.812. The van der Waals surface area contributed by atoms with Crippen LogP contribution in [0.2, 0.25) is 0 Å². The number of nitrogens with one attached hydrogen (secondary N) is 1. The molecule has 2 aromatic rings. The van der Waals surface area contributed by atoms with Gasteiger partial charge in [-0.1, -0.05) is 6.07 Å². The van der Waals surface area contributed by atoms with Gasteiger partial charge in [-0.3, -0.25) is 9.20 Å². The Hall–Kier alpha value is -1.99. The molecule has 4 rings (SSSR count). The number of ether oxygens (including phenoxy) is 1. The van der Waals surface area contributed by atoms with E-state index in [2.05, 4.69) is 19.9 Å². The van der Waals surface area contributed by atoms with E-state index in [0.29, 0.717) is 12.5 Å². The number of amides is 1. The zero-order chi connectivity index (χ0) is 16.5. The third-order valence-electron chi connectivity index (χ3n) is 5.09. The number of likely N-dealkylation sites (tertiary alicyclic amines) is 1. The minimum atomic E-state index is -0.218. The molecule has 0 aromatic carbocycles. The molecule has 0 aliphatic carbocycles. The fourth-order valence-electron chi connectivity index (χ4n) is 3.70. The molecule has 0 spiro atoms. The largest absolute Gasteiger partial charge is 0.375 e. The molecule has 128 valence electrons. The first-order chi connectivity index (χ1) is 11.7. The number of hydrogen-bond donors (Lipinski definition) is 1. The van der Waals surface area contributed by atoms with Gasteiger partial charge in [0.25, 0.3) is 0 Å². The molecule has 2 aliphatic rings. The van der Waals surface area contributed by atoms with E-state index in [1.54, 1.807) is 0 Å². The van der Waals surface area contributed by atoms with Gasteiger partial charge in [-0.15, -0.1) is 10.2 Å². The minimum Gasteiger partial charge on any atom is -0.375 e. The Morgan fingerprint density at radius 3 is 2.92 bits per heavy atom. The van der Waals surface area contributed by atoms with Crippen LogP contribution in [0.3, 0.4) is 0 Å². The molecular formula is C17H23N5O2. The van der Waals surface area contributed by atoms with E-state index in [1.807, 2.05) is 36.2 Å². The Kier molecular flexibility index (Phi) is 4.20. The number of carbonyl (C=O) groups excluding carboxylic acids is 1. The van der Waals surface area contributed by atoms with Crippen molar-refractivity contribution >= 4 is 11.6 Å². The summed E-state index contributed by atoms with van der Waals surface area (Å²) in [6, 6.07) is 5.71. The lowest BCUT2D eigenvalue weighted by atomic mass is 9.95. The van der Waals surface area contributed by atoms with Crippen LogP contribution in [0.5, 0.6) is 0 Å². The summed E-state index contributed by atoms with van der Waals surface area (Å²) in [5.41, 5.74) is 0.878. The lowest BCUT2D eigenvalue weighted by Crippen LogP contribution is -2.57. The zero-order valence-corrected chi connectivity index (χ0v) is 13.9. The lowest BCUT2D eigenvalue weighted by Gasteiger charge is -2.37. The summed E-state index contributed by atoms with van der Waals surface area (Å²) in [5, 5.41) is 11.9. The third kappa shape index (κ3) is 2.78. The maximum atomic E-state index is 12.7. The van der Waals surface area contributed by atoms with Crippen LogP contribution in [0.25, 0.3) is 5.65 Å². The lowest BCUT2D eigenvalue weighted by molar-refractivity contribution is -0.140. The molecule has 2 saturated heterocycles. The van der Waals surface area contributed by atoms with Crippen molar-refractivity contribution in [1.29, 1.82) is 0 Å². The molecule has 0 unspecified atom stereocenters. The number of pyridine rings is 1. The molecule has 1 N–H and O–H groups in total. The summed E-state index contributed by atoms with van der Waals surface area (Å²) in [4.78, 5) is 14.7. The molecule has 2 aromatic heterocycles. The van der Waals surface area contributed by atoms with Gasteiger partial charge >= 0.3 is 0 Å². The average Bonchev–Trinajstić information content (AvgIpc) is 3.06. The molecule has 4 heterocycles. The van der Waals surface area contributed by atoms with Crippen LogP contribution in [-0.2, 0) is 9.53 Å². The number of nitrogens with zero attached hydrogens (tertiary/aromatic N) is 4. The molecule has 2 fully saturated rings. The summed E-state index contributed by atoms with van der Waals surface area (Å²) in [6.45, 7) is 4.89. The van der Waals surface area contributed by atoms with Crippen LogP contribution in [0, 0.1) is 0 Å². The number of morpholine rings is 1. The van der Waals surface area contributed by atoms with E-state index in [-0.39, 0.29) is 18.1 Å². The van der Waals surface area contributed by atoms with Crippen LogP contribution in [0.4, 0.5) is 0 Å². The van der Waals surface area contributed by atoms with Crippen molar-refractivity contribution < 1.29 is 9.53 Å². The van der Waals surface area contributed by atoms with E-state index in [1.165, 1.54) is 0 Å². The van der Waals surface area contributed by atoms with Gasteiger partial charge in [0.05, 0.1) is 12.7 Å². The maximum Gasteiger partial charge on any atom is 0.242 e. The van der Waals surface area contributed by atoms with Gasteiger partial charge in [-0.05, 0) is 31.9 Å². The fraction of sp³-hybridized carbons (Fsp3) is 0.588. The highest BCUT2D eigenvalue weighted by Gasteiger charge is 2.34. The smallest absolute Gasteiger partial charge is 0.242 e. The van der Waals surface area contributed by atoms with Gasteiger partial charge in [0.2, 0.25) is 5.91 Å². The molecule has 2 aliphatic heterocycles. The molecule has 7 heteroatoms. The number of piperidine rings is 1. The van der Waals surface area contributed by atoms with E-state index < -0.39 is 0 Å². The molecule has 2 atom stereocenters. The van der Waals surface area contributed by atoms with Crippen molar-refractivity contribution in [3.05, 3.63) is 30.2 Å². The Morgan fingerprint density at radius 1 is 1.29 bits per heavy atom. The topological polar surface area (TPSA) is 71.8 Å². The van der Waals surface area contributed by atoms with Crippen molar-refractivity contribution in [2.24, 2.45) is 0 Å². The van der Waals surface area contributed by atoms with E-state index in [9.17, 15) is 4.79 Å². The predicted molar refractivity (Wildman–Crippen MR) is 88.7 cm³/mol. The first kappa shape index (κ1) is 15.5. The third-order valence-corrected chi connectivity index (χ3v) is 5.09. The normalized spacial score (nSPS) is 26.0. The second kappa shape index (κ2) is 6.49. The summed E-state index contributed by atoms with van der Waals surface area (Å²) < 4.78 is 7.66. The highest BCUT2D eigenvalue weighted by atomic mass is 16.5. The van der Waals surface area contributed by atoms with Gasteiger partial charge < -0.3 is 15.0 Å². The summed E-state index contributed by atoms with van der Waals surface area (Å²) in [7, 11) is 0. The van der Waals surface area contributed by atoms with Crippen molar-refractivity contribution in [3.8, 4) is 0 Å². The van der Waals surface area contributed by atoms with Crippen LogP contribution < -0.4 is 5.32 Å². The SMILES string of the molecule is C[C@H]1OCCN[C@@H]1C(=O)N1CCC(c2nnc3ccccn23)CC1. The molecular weight excluding hydrogens is 306 g/mol. The monoisotopic (exact) mass is 329 g/mol. The molecule has 0 bridgehead atoms. The zero-order valence-electron chi connectivity index (χ0n) is 13.9. The second-order valence-corrected chi connectivity index (χ2v) is 6.59.